The highest BCUT2D eigenvalue weighted by atomic mass is 35.5. The van der Waals surface area contributed by atoms with Crippen LogP contribution in [-0.2, 0) is 0 Å². The van der Waals surface area contributed by atoms with E-state index in [0.29, 0.717) is 29.4 Å². The van der Waals surface area contributed by atoms with Crippen molar-refractivity contribution < 1.29 is 9.90 Å². The number of carbonyl (C=O) groups is 1. The SMILES string of the molecule is CCCN(CCO)C(=O)c1ccc(Cl)cc1N. The van der Waals surface area contributed by atoms with Gasteiger partial charge in [-0.05, 0) is 24.6 Å². The van der Waals surface area contributed by atoms with Gasteiger partial charge in [0.05, 0.1) is 12.2 Å². The van der Waals surface area contributed by atoms with Gasteiger partial charge in [0.25, 0.3) is 5.91 Å². The van der Waals surface area contributed by atoms with E-state index in [9.17, 15) is 4.79 Å². The Morgan fingerprint density at radius 1 is 1.47 bits per heavy atom. The Hall–Kier alpha value is -1.26. The molecular formula is C12H17ClN2O2. The van der Waals surface area contributed by atoms with E-state index < -0.39 is 0 Å². The van der Waals surface area contributed by atoms with Crippen LogP contribution in [0.2, 0.25) is 5.02 Å². The van der Waals surface area contributed by atoms with Crippen molar-refractivity contribution in [2.24, 2.45) is 0 Å². The summed E-state index contributed by atoms with van der Waals surface area (Å²) in [6.45, 7) is 2.83. The molecule has 0 radical (unpaired) electrons. The Bertz CT molecular complexity index is 390. The topological polar surface area (TPSA) is 66.6 Å². The van der Waals surface area contributed by atoms with Crippen LogP contribution in [0.3, 0.4) is 0 Å². The quantitative estimate of drug-likeness (QED) is 0.789. The number of rotatable bonds is 5. The number of hydrogen-bond donors (Lipinski definition) is 2. The lowest BCUT2D eigenvalue weighted by Gasteiger charge is -2.21. The largest absolute Gasteiger partial charge is 0.398 e. The summed E-state index contributed by atoms with van der Waals surface area (Å²) in [4.78, 5) is 13.7. The zero-order valence-electron chi connectivity index (χ0n) is 9.82. The average Bonchev–Trinajstić information content (AvgIpc) is 2.28. The van der Waals surface area contributed by atoms with Gasteiger partial charge in [-0.25, -0.2) is 0 Å². The van der Waals surface area contributed by atoms with E-state index in [4.69, 9.17) is 22.4 Å². The van der Waals surface area contributed by atoms with Gasteiger partial charge in [-0.3, -0.25) is 4.79 Å². The van der Waals surface area contributed by atoms with E-state index in [0.717, 1.165) is 6.42 Å². The minimum Gasteiger partial charge on any atom is -0.398 e. The molecule has 94 valence electrons. The molecule has 1 aromatic carbocycles. The molecule has 4 nitrogen and oxygen atoms in total. The maximum Gasteiger partial charge on any atom is 0.256 e. The Kier molecular flexibility index (Phi) is 5.25. The van der Waals surface area contributed by atoms with Crippen molar-refractivity contribution >= 4 is 23.2 Å². The summed E-state index contributed by atoms with van der Waals surface area (Å²) in [5.41, 5.74) is 6.55. The van der Waals surface area contributed by atoms with Gasteiger partial charge in [0.15, 0.2) is 0 Å². The number of hydrogen-bond acceptors (Lipinski definition) is 3. The van der Waals surface area contributed by atoms with Crippen LogP contribution in [0.15, 0.2) is 18.2 Å². The maximum absolute atomic E-state index is 12.1. The van der Waals surface area contributed by atoms with Gasteiger partial charge in [0.1, 0.15) is 0 Å². The molecule has 0 atom stereocenters. The fraction of sp³-hybridized carbons (Fsp3) is 0.417. The van der Waals surface area contributed by atoms with Crippen LogP contribution < -0.4 is 5.73 Å². The van der Waals surface area contributed by atoms with Crippen LogP contribution >= 0.6 is 11.6 Å². The van der Waals surface area contributed by atoms with Crippen molar-refractivity contribution in [3.05, 3.63) is 28.8 Å². The molecule has 0 saturated heterocycles. The first-order valence-corrected chi connectivity index (χ1v) is 5.93. The normalized spacial score (nSPS) is 10.3. The van der Waals surface area contributed by atoms with Gasteiger partial charge < -0.3 is 15.7 Å². The van der Waals surface area contributed by atoms with Crippen LogP contribution in [0.25, 0.3) is 0 Å². The lowest BCUT2D eigenvalue weighted by molar-refractivity contribution is 0.0723. The molecule has 1 rings (SSSR count). The number of nitrogens with zero attached hydrogens (tertiary/aromatic N) is 1. The van der Waals surface area contributed by atoms with Crippen molar-refractivity contribution in [2.45, 2.75) is 13.3 Å². The molecule has 1 aromatic rings. The summed E-state index contributed by atoms with van der Waals surface area (Å²) in [5.74, 6) is -0.171. The predicted octanol–water partition coefficient (Wildman–Crippen LogP) is 1.77. The van der Waals surface area contributed by atoms with Crippen molar-refractivity contribution in [1.29, 1.82) is 0 Å². The molecule has 0 aromatic heterocycles. The van der Waals surface area contributed by atoms with Crippen LogP contribution in [0.4, 0.5) is 5.69 Å². The number of aliphatic hydroxyl groups excluding tert-OH is 1. The Labute approximate surface area is 106 Å². The van der Waals surface area contributed by atoms with Crippen LogP contribution in [0.1, 0.15) is 23.7 Å². The average molecular weight is 257 g/mol. The molecule has 0 aliphatic heterocycles. The van der Waals surface area contributed by atoms with Gasteiger partial charge in [0, 0.05) is 23.8 Å². The number of carbonyl (C=O) groups excluding carboxylic acids is 1. The summed E-state index contributed by atoms with van der Waals surface area (Å²) < 4.78 is 0. The Morgan fingerprint density at radius 2 is 2.18 bits per heavy atom. The lowest BCUT2D eigenvalue weighted by atomic mass is 10.1. The van der Waals surface area contributed by atoms with Crippen molar-refractivity contribution in [2.75, 3.05) is 25.4 Å². The first kappa shape index (κ1) is 13.8. The zero-order chi connectivity index (χ0) is 12.8. The van der Waals surface area contributed by atoms with Crippen molar-refractivity contribution in [3.8, 4) is 0 Å². The molecule has 0 heterocycles. The third-order valence-corrected chi connectivity index (χ3v) is 2.63. The van der Waals surface area contributed by atoms with Crippen LogP contribution in [0, 0.1) is 0 Å². The fourth-order valence-corrected chi connectivity index (χ4v) is 1.78. The predicted molar refractivity (Wildman–Crippen MR) is 69.1 cm³/mol. The van der Waals surface area contributed by atoms with Gasteiger partial charge >= 0.3 is 0 Å². The first-order valence-electron chi connectivity index (χ1n) is 5.55. The molecule has 0 fully saturated rings. The molecule has 0 aliphatic carbocycles. The van der Waals surface area contributed by atoms with Gasteiger partial charge in [-0.2, -0.15) is 0 Å². The van der Waals surface area contributed by atoms with E-state index in [1.165, 1.54) is 0 Å². The highest BCUT2D eigenvalue weighted by Gasteiger charge is 2.16. The number of nitrogens with two attached hydrogens (primary N) is 1. The van der Waals surface area contributed by atoms with Gasteiger partial charge in [0.2, 0.25) is 0 Å². The zero-order valence-corrected chi connectivity index (χ0v) is 10.6. The molecule has 17 heavy (non-hydrogen) atoms. The molecule has 0 saturated carbocycles. The van der Waals surface area contributed by atoms with E-state index >= 15 is 0 Å². The van der Waals surface area contributed by atoms with Crippen LogP contribution in [0.5, 0.6) is 0 Å². The van der Waals surface area contributed by atoms with Gasteiger partial charge in [-0.15, -0.1) is 0 Å². The van der Waals surface area contributed by atoms with E-state index in [1.807, 2.05) is 6.92 Å². The third-order valence-electron chi connectivity index (χ3n) is 2.39. The van der Waals surface area contributed by atoms with E-state index in [1.54, 1.807) is 23.1 Å². The second-order valence-corrected chi connectivity index (χ2v) is 4.18. The first-order chi connectivity index (χ1) is 8.10. The summed E-state index contributed by atoms with van der Waals surface area (Å²) in [6.07, 6.45) is 0.833. The summed E-state index contributed by atoms with van der Waals surface area (Å²) in [7, 11) is 0. The Balaban J connectivity index is 2.92. The summed E-state index contributed by atoms with van der Waals surface area (Å²) >= 11 is 5.78. The van der Waals surface area contributed by atoms with Gasteiger partial charge in [-0.1, -0.05) is 18.5 Å². The number of anilines is 1. The summed E-state index contributed by atoms with van der Waals surface area (Å²) in [6, 6.07) is 4.80. The molecule has 0 aliphatic rings. The molecule has 0 unspecified atom stereocenters. The van der Waals surface area contributed by atoms with E-state index in [2.05, 4.69) is 0 Å². The third kappa shape index (κ3) is 3.61. The molecule has 3 N–H and O–H groups in total. The second-order valence-electron chi connectivity index (χ2n) is 3.75. The maximum atomic E-state index is 12.1. The fourth-order valence-electron chi connectivity index (χ4n) is 1.60. The highest BCUT2D eigenvalue weighted by Crippen LogP contribution is 2.19. The molecule has 0 bridgehead atoms. The Morgan fingerprint density at radius 3 is 2.71 bits per heavy atom. The van der Waals surface area contributed by atoms with Crippen LogP contribution in [-0.4, -0.2) is 35.6 Å². The number of aliphatic hydroxyl groups is 1. The molecule has 1 amide bonds. The monoisotopic (exact) mass is 256 g/mol. The minimum atomic E-state index is -0.171. The van der Waals surface area contributed by atoms with E-state index in [-0.39, 0.29) is 12.5 Å². The molecular weight excluding hydrogens is 240 g/mol. The second kappa shape index (κ2) is 6.47. The lowest BCUT2D eigenvalue weighted by Crippen LogP contribution is -2.34. The number of amides is 1. The van der Waals surface area contributed by atoms with Crippen molar-refractivity contribution in [1.82, 2.24) is 4.90 Å². The highest BCUT2D eigenvalue weighted by molar-refractivity contribution is 6.31. The van der Waals surface area contributed by atoms with Crippen molar-refractivity contribution in [3.63, 3.8) is 0 Å². The number of halogens is 1. The smallest absolute Gasteiger partial charge is 0.256 e. The standard InChI is InChI=1S/C12H17ClN2O2/c1-2-5-15(6-7-16)12(17)10-4-3-9(13)8-11(10)14/h3-4,8,16H,2,5-7,14H2,1H3. The number of nitrogen functional groups attached to an aromatic ring is 1. The minimum absolute atomic E-state index is 0.0563. The molecule has 0 spiro atoms. The summed E-state index contributed by atoms with van der Waals surface area (Å²) in [5, 5.41) is 9.43. The number of benzene rings is 1. The molecule has 5 heteroatoms.